The van der Waals surface area contributed by atoms with Crippen molar-refractivity contribution in [3.8, 4) is 0 Å². The Bertz CT molecular complexity index is 683. The molecule has 2 aromatic rings. The number of nitrogens with zero attached hydrogens (tertiary/aromatic N) is 3. The van der Waals surface area contributed by atoms with Gasteiger partial charge < -0.3 is 4.90 Å². The second-order valence-corrected chi connectivity index (χ2v) is 7.09. The fourth-order valence-corrected chi connectivity index (χ4v) is 4.92. The van der Waals surface area contributed by atoms with Crippen molar-refractivity contribution >= 4 is 10.9 Å². The molecule has 2 atom stereocenters. The predicted molar refractivity (Wildman–Crippen MR) is 86.6 cm³/mol. The van der Waals surface area contributed by atoms with Crippen molar-refractivity contribution in [1.29, 1.82) is 0 Å². The lowest BCUT2D eigenvalue weighted by molar-refractivity contribution is 0.182. The summed E-state index contributed by atoms with van der Waals surface area (Å²) in [5.74, 6) is 0. The molecule has 0 amide bonds. The van der Waals surface area contributed by atoms with E-state index in [1.165, 1.54) is 49.6 Å². The van der Waals surface area contributed by atoms with E-state index in [1.807, 2.05) is 4.68 Å². The van der Waals surface area contributed by atoms with Crippen LogP contribution in [0.5, 0.6) is 0 Å². The molecule has 1 aliphatic heterocycles. The number of rotatable bonds is 1. The van der Waals surface area contributed by atoms with Crippen LogP contribution in [0, 0.1) is 6.92 Å². The van der Waals surface area contributed by atoms with E-state index >= 15 is 0 Å². The Balaban J connectivity index is 1.86. The van der Waals surface area contributed by atoms with Crippen LogP contribution in [0.1, 0.15) is 43.4 Å². The highest BCUT2D eigenvalue weighted by Gasteiger charge is 2.48. The van der Waals surface area contributed by atoms with Gasteiger partial charge in [0.25, 0.3) is 0 Å². The van der Waals surface area contributed by atoms with Crippen LogP contribution < -0.4 is 0 Å². The molecule has 1 aromatic carbocycles. The number of aryl methyl sites for hydroxylation is 2. The number of likely N-dealkylation sites (tertiary alicyclic amines) is 1. The van der Waals surface area contributed by atoms with E-state index in [1.54, 1.807) is 5.56 Å². The van der Waals surface area contributed by atoms with Crippen molar-refractivity contribution in [2.75, 3.05) is 13.6 Å². The summed E-state index contributed by atoms with van der Waals surface area (Å²) in [5.41, 5.74) is 4.37. The number of benzene rings is 1. The lowest BCUT2D eigenvalue weighted by atomic mass is 9.66. The quantitative estimate of drug-likeness (QED) is 0.800. The maximum Gasteiger partial charge on any atom is 0.0684 e. The summed E-state index contributed by atoms with van der Waals surface area (Å²) in [7, 11) is 4.38. The van der Waals surface area contributed by atoms with E-state index in [4.69, 9.17) is 0 Å². The van der Waals surface area contributed by atoms with Gasteiger partial charge in [-0.1, -0.05) is 25.0 Å². The van der Waals surface area contributed by atoms with E-state index in [2.05, 4.69) is 49.2 Å². The van der Waals surface area contributed by atoms with Gasteiger partial charge in [0.1, 0.15) is 0 Å². The van der Waals surface area contributed by atoms with Gasteiger partial charge in [0, 0.05) is 23.9 Å². The standard InChI is InChI=1S/C18H25N3/c1-13-15-8-7-14(12-16(15)21(3)19-13)18-9-5-4-6-17(18)20(2)11-10-18/h7-8,12,17H,4-6,9-11H2,1-3H3/t17-,18-/m1/s1. The highest BCUT2D eigenvalue weighted by Crippen LogP contribution is 2.48. The summed E-state index contributed by atoms with van der Waals surface area (Å²) < 4.78 is 2.04. The number of likely N-dealkylation sites (N-methyl/N-ethyl adjacent to an activating group) is 1. The summed E-state index contributed by atoms with van der Waals surface area (Å²) in [6.45, 7) is 3.35. The van der Waals surface area contributed by atoms with Gasteiger partial charge in [-0.05, 0) is 51.4 Å². The van der Waals surface area contributed by atoms with Crippen LogP contribution in [-0.4, -0.2) is 34.3 Å². The maximum atomic E-state index is 4.58. The number of hydrogen-bond donors (Lipinski definition) is 0. The Hall–Kier alpha value is -1.35. The summed E-state index contributed by atoms with van der Waals surface area (Å²) in [5, 5.41) is 5.88. The van der Waals surface area contributed by atoms with Gasteiger partial charge in [-0.15, -0.1) is 0 Å². The molecule has 112 valence electrons. The van der Waals surface area contributed by atoms with Crippen molar-refractivity contribution in [3.63, 3.8) is 0 Å². The molecule has 2 heterocycles. The zero-order chi connectivity index (χ0) is 14.6. The molecule has 3 heteroatoms. The topological polar surface area (TPSA) is 21.1 Å². The van der Waals surface area contributed by atoms with Gasteiger partial charge in [0.15, 0.2) is 0 Å². The Kier molecular flexibility index (Phi) is 2.90. The van der Waals surface area contributed by atoms with Crippen molar-refractivity contribution in [3.05, 3.63) is 29.5 Å². The summed E-state index contributed by atoms with van der Waals surface area (Å²) in [4.78, 5) is 2.60. The van der Waals surface area contributed by atoms with Crippen molar-refractivity contribution in [2.24, 2.45) is 7.05 Å². The number of aromatic nitrogens is 2. The first-order valence-electron chi connectivity index (χ1n) is 8.26. The van der Waals surface area contributed by atoms with Crippen LogP contribution in [0.15, 0.2) is 18.2 Å². The zero-order valence-electron chi connectivity index (χ0n) is 13.4. The van der Waals surface area contributed by atoms with Crippen molar-refractivity contribution < 1.29 is 0 Å². The van der Waals surface area contributed by atoms with E-state index in [0.717, 1.165) is 11.7 Å². The largest absolute Gasteiger partial charge is 0.302 e. The molecule has 1 aromatic heterocycles. The molecule has 1 saturated heterocycles. The van der Waals surface area contributed by atoms with Gasteiger partial charge in [-0.2, -0.15) is 5.10 Å². The van der Waals surface area contributed by atoms with Crippen LogP contribution in [0.4, 0.5) is 0 Å². The molecule has 3 nitrogen and oxygen atoms in total. The average Bonchev–Trinajstić information content (AvgIpc) is 2.99. The summed E-state index contributed by atoms with van der Waals surface area (Å²) in [6, 6.07) is 7.84. The fraction of sp³-hybridized carbons (Fsp3) is 0.611. The monoisotopic (exact) mass is 283 g/mol. The average molecular weight is 283 g/mol. The Morgan fingerprint density at radius 3 is 2.90 bits per heavy atom. The first kappa shape index (κ1) is 13.3. The lowest BCUT2D eigenvalue weighted by Gasteiger charge is -2.41. The van der Waals surface area contributed by atoms with E-state index in [-0.39, 0.29) is 0 Å². The molecule has 0 radical (unpaired) electrons. The van der Waals surface area contributed by atoms with Crippen molar-refractivity contribution in [2.45, 2.75) is 50.5 Å². The van der Waals surface area contributed by atoms with Gasteiger partial charge in [-0.3, -0.25) is 4.68 Å². The van der Waals surface area contributed by atoms with Crippen LogP contribution in [0.2, 0.25) is 0 Å². The lowest BCUT2D eigenvalue weighted by Crippen LogP contribution is -2.43. The second kappa shape index (κ2) is 4.57. The van der Waals surface area contributed by atoms with Gasteiger partial charge >= 0.3 is 0 Å². The molecule has 21 heavy (non-hydrogen) atoms. The van der Waals surface area contributed by atoms with Gasteiger partial charge in [-0.25, -0.2) is 0 Å². The van der Waals surface area contributed by atoms with E-state index in [0.29, 0.717) is 5.41 Å². The molecule has 0 bridgehead atoms. The number of hydrogen-bond acceptors (Lipinski definition) is 2. The summed E-state index contributed by atoms with van der Waals surface area (Å²) >= 11 is 0. The zero-order valence-corrected chi connectivity index (χ0v) is 13.4. The molecule has 0 N–H and O–H groups in total. The SMILES string of the molecule is Cc1nn(C)c2cc([C@]34CCCC[C@H]3N(C)CC4)ccc12. The third kappa shape index (κ3) is 1.80. The maximum absolute atomic E-state index is 4.58. The van der Waals surface area contributed by atoms with Crippen LogP contribution in [0.3, 0.4) is 0 Å². The smallest absolute Gasteiger partial charge is 0.0684 e. The molecule has 0 spiro atoms. The minimum Gasteiger partial charge on any atom is -0.302 e. The first-order chi connectivity index (χ1) is 10.1. The molecule has 0 unspecified atom stereocenters. The molecule has 1 aliphatic carbocycles. The molecule has 2 fully saturated rings. The van der Waals surface area contributed by atoms with E-state index < -0.39 is 0 Å². The fourth-order valence-electron chi connectivity index (χ4n) is 4.92. The highest BCUT2D eigenvalue weighted by atomic mass is 15.3. The first-order valence-corrected chi connectivity index (χ1v) is 8.26. The van der Waals surface area contributed by atoms with Gasteiger partial charge in [0.2, 0.25) is 0 Å². The number of fused-ring (bicyclic) bond motifs is 2. The van der Waals surface area contributed by atoms with Crippen LogP contribution in [-0.2, 0) is 12.5 Å². The third-order valence-electron chi connectivity index (χ3n) is 6.04. The molecular weight excluding hydrogens is 258 g/mol. The second-order valence-electron chi connectivity index (χ2n) is 7.09. The predicted octanol–water partition coefficient (Wildman–Crippen LogP) is 3.40. The third-order valence-corrected chi connectivity index (χ3v) is 6.04. The molecule has 4 rings (SSSR count). The Morgan fingerprint density at radius 2 is 2.05 bits per heavy atom. The van der Waals surface area contributed by atoms with E-state index in [9.17, 15) is 0 Å². The molecule has 2 aliphatic rings. The minimum absolute atomic E-state index is 0.388. The highest BCUT2D eigenvalue weighted by molar-refractivity contribution is 5.82. The Labute approximate surface area is 126 Å². The molecule has 1 saturated carbocycles. The minimum atomic E-state index is 0.388. The Morgan fingerprint density at radius 1 is 1.19 bits per heavy atom. The van der Waals surface area contributed by atoms with Crippen LogP contribution in [0.25, 0.3) is 10.9 Å². The van der Waals surface area contributed by atoms with Crippen molar-refractivity contribution in [1.82, 2.24) is 14.7 Å². The molecular formula is C18H25N3. The normalized spacial score (nSPS) is 30.0. The van der Waals surface area contributed by atoms with Crippen LogP contribution >= 0.6 is 0 Å². The summed E-state index contributed by atoms with van der Waals surface area (Å²) in [6.07, 6.45) is 6.80. The van der Waals surface area contributed by atoms with Gasteiger partial charge in [0.05, 0.1) is 11.2 Å².